The first-order valence-electron chi connectivity index (χ1n) is 6.01. The van der Waals surface area contributed by atoms with E-state index in [1.54, 1.807) is 0 Å². The number of halogens is 1. The zero-order chi connectivity index (χ0) is 12.2. The molecule has 0 saturated heterocycles. The first-order valence-corrected chi connectivity index (χ1v) is 7.13. The van der Waals surface area contributed by atoms with Crippen molar-refractivity contribution in [1.29, 1.82) is 0 Å². The van der Waals surface area contributed by atoms with Crippen molar-refractivity contribution in [2.24, 2.45) is 0 Å². The molecule has 3 nitrogen and oxygen atoms in total. The number of carbonyl (C=O) groups excluding carboxylic acids is 1. The van der Waals surface area contributed by atoms with Crippen molar-refractivity contribution < 1.29 is 14.6 Å². The summed E-state index contributed by atoms with van der Waals surface area (Å²) in [5, 5.41) is 9.96. The Balaban J connectivity index is 3.07. The summed E-state index contributed by atoms with van der Waals surface area (Å²) in [6, 6.07) is 0. The molecule has 0 aliphatic carbocycles. The van der Waals surface area contributed by atoms with E-state index < -0.39 is 0 Å². The van der Waals surface area contributed by atoms with E-state index in [-0.39, 0.29) is 12.1 Å². The standard InChI is InChI=1S/C12H23BrO3/c1-16-12(15)9-7-5-3-2-4-6-8-11(14)10-13/h11,14H,2-10H2,1H3. The maximum Gasteiger partial charge on any atom is 0.305 e. The van der Waals surface area contributed by atoms with Gasteiger partial charge in [-0.2, -0.15) is 0 Å². The lowest BCUT2D eigenvalue weighted by Gasteiger charge is -2.05. The van der Waals surface area contributed by atoms with E-state index in [2.05, 4.69) is 20.7 Å². The lowest BCUT2D eigenvalue weighted by atomic mass is 10.1. The molecular weight excluding hydrogens is 272 g/mol. The van der Waals surface area contributed by atoms with Gasteiger partial charge in [-0.05, 0) is 12.8 Å². The minimum atomic E-state index is -0.195. The highest BCUT2D eigenvalue weighted by Gasteiger charge is 2.01. The van der Waals surface area contributed by atoms with Crippen LogP contribution in [0.15, 0.2) is 0 Å². The van der Waals surface area contributed by atoms with Gasteiger partial charge in [0.15, 0.2) is 0 Å². The van der Waals surface area contributed by atoms with Gasteiger partial charge in [0.05, 0.1) is 13.2 Å². The summed E-state index contributed by atoms with van der Waals surface area (Å²) in [5.74, 6) is -0.111. The number of ether oxygens (including phenoxy) is 1. The molecule has 0 aliphatic rings. The number of hydrogen-bond acceptors (Lipinski definition) is 3. The van der Waals surface area contributed by atoms with Crippen molar-refractivity contribution >= 4 is 21.9 Å². The average Bonchev–Trinajstić information content (AvgIpc) is 2.31. The number of rotatable bonds is 10. The Morgan fingerprint density at radius 1 is 1.19 bits per heavy atom. The van der Waals surface area contributed by atoms with Crippen molar-refractivity contribution in [2.45, 2.75) is 57.5 Å². The van der Waals surface area contributed by atoms with E-state index in [1.807, 2.05) is 0 Å². The minimum Gasteiger partial charge on any atom is -0.469 e. The van der Waals surface area contributed by atoms with Crippen molar-refractivity contribution in [3.63, 3.8) is 0 Å². The Labute approximate surface area is 107 Å². The molecule has 1 unspecified atom stereocenters. The smallest absolute Gasteiger partial charge is 0.305 e. The van der Waals surface area contributed by atoms with Crippen LogP contribution in [-0.4, -0.2) is 29.6 Å². The molecule has 0 aromatic heterocycles. The van der Waals surface area contributed by atoms with E-state index in [0.29, 0.717) is 11.8 Å². The molecule has 0 heterocycles. The molecule has 4 heteroatoms. The Morgan fingerprint density at radius 3 is 2.31 bits per heavy atom. The Kier molecular flexibility index (Phi) is 11.3. The Hall–Kier alpha value is -0.0900. The van der Waals surface area contributed by atoms with Crippen LogP contribution in [0.2, 0.25) is 0 Å². The van der Waals surface area contributed by atoms with E-state index in [1.165, 1.54) is 26.4 Å². The van der Waals surface area contributed by atoms with Gasteiger partial charge in [0.1, 0.15) is 0 Å². The monoisotopic (exact) mass is 294 g/mol. The number of aliphatic hydroxyl groups is 1. The fourth-order valence-electron chi connectivity index (χ4n) is 1.54. The van der Waals surface area contributed by atoms with Crippen molar-refractivity contribution in [2.75, 3.05) is 12.4 Å². The molecule has 1 N–H and O–H groups in total. The lowest BCUT2D eigenvalue weighted by molar-refractivity contribution is -0.140. The largest absolute Gasteiger partial charge is 0.469 e. The van der Waals surface area contributed by atoms with Crippen LogP contribution in [0, 0.1) is 0 Å². The molecule has 0 bridgehead atoms. The predicted molar refractivity (Wildman–Crippen MR) is 68.8 cm³/mol. The van der Waals surface area contributed by atoms with Crippen molar-refractivity contribution in [1.82, 2.24) is 0 Å². The van der Waals surface area contributed by atoms with Crippen LogP contribution in [0.3, 0.4) is 0 Å². The van der Waals surface area contributed by atoms with E-state index in [9.17, 15) is 9.90 Å². The molecule has 96 valence electrons. The number of carbonyl (C=O) groups is 1. The van der Waals surface area contributed by atoms with Crippen LogP contribution in [-0.2, 0) is 9.53 Å². The summed E-state index contributed by atoms with van der Waals surface area (Å²) in [5.41, 5.74) is 0. The first kappa shape index (κ1) is 15.9. The van der Waals surface area contributed by atoms with Crippen LogP contribution < -0.4 is 0 Å². The highest BCUT2D eigenvalue weighted by Crippen LogP contribution is 2.10. The maximum atomic E-state index is 10.8. The SMILES string of the molecule is COC(=O)CCCCCCCCC(O)CBr. The van der Waals surface area contributed by atoms with E-state index in [4.69, 9.17) is 0 Å². The van der Waals surface area contributed by atoms with E-state index in [0.717, 1.165) is 25.7 Å². The number of unbranched alkanes of at least 4 members (excludes halogenated alkanes) is 5. The Bertz CT molecular complexity index is 174. The van der Waals surface area contributed by atoms with Crippen molar-refractivity contribution in [3.05, 3.63) is 0 Å². The van der Waals surface area contributed by atoms with Gasteiger partial charge in [-0.1, -0.05) is 48.0 Å². The number of alkyl halides is 1. The topological polar surface area (TPSA) is 46.5 Å². The molecule has 1 atom stereocenters. The minimum absolute atomic E-state index is 0.111. The summed E-state index contributed by atoms with van der Waals surface area (Å²) in [6.07, 6.45) is 7.86. The van der Waals surface area contributed by atoms with Crippen LogP contribution in [0.1, 0.15) is 51.4 Å². The van der Waals surface area contributed by atoms with Gasteiger partial charge in [-0.15, -0.1) is 0 Å². The summed E-state index contributed by atoms with van der Waals surface area (Å²) in [6.45, 7) is 0. The first-order chi connectivity index (χ1) is 7.70. The van der Waals surface area contributed by atoms with Gasteiger partial charge in [0.2, 0.25) is 0 Å². The van der Waals surface area contributed by atoms with Gasteiger partial charge in [-0.3, -0.25) is 4.79 Å². The van der Waals surface area contributed by atoms with Crippen LogP contribution in [0.5, 0.6) is 0 Å². The zero-order valence-electron chi connectivity index (χ0n) is 10.1. The van der Waals surface area contributed by atoms with E-state index >= 15 is 0 Å². The third-order valence-corrected chi connectivity index (χ3v) is 3.32. The molecule has 0 radical (unpaired) electrons. The number of methoxy groups -OCH3 is 1. The molecule has 0 aromatic carbocycles. The normalized spacial score (nSPS) is 12.4. The van der Waals surface area contributed by atoms with Crippen LogP contribution >= 0.6 is 15.9 Å². The summed E-state index contributed by atoms with van der Waals surface area (Å²) in [7, 11) is 1.43. The molecule has 0 aromatic rings. The van der Waals surface area contributed by atoms with Crippen LogP contribution in [0.4, 0.5) is 0 Å². The van der Waals surface area contributed by atoms with Crippen LogP contribution in [0.25, 0.3) is 0 Å². The number of aliphatic hydroxyl groups excluding tert-OH is 1. The average molecular weight is 295 g/mol. The van der Waals surface area contributed by atoms with Gasteiger partial charge in [0.25, 0.3) is 0 Å². The summed E-state index contributed by atoms with van der Waals surface area (Å²) in [4.78, 5) is 10.8. The fraction of sp³-hybridized carbons (Fsp3) is 0.917. The quantitative estimate of drug-likeness (QED) is 0.383. The molecule has 16 heavy (non-hydrogen) atoms. The number of esters is 1. The van der Waals surface area contributed by atoms with Gasteiger partial charge in [-0.25, -0.2) is 0 Å². The predicted octanol–water partition coefficient (Wildman–Crippen LogP) is 3.04. The fourth-order valence-corrected chi connectivity index (χ4v) is 1.86. The Morgan fingerprint density at radius 2 is 1.75 bits per heavy atom. The zero-order valence-corrected chi connectivity index (χ0v) is 11.7. The maximum absolute atomic E-state index is 10.8. The molecular formula is C12H23BrO3. The highest BCUT2D eigenvalue weighted by atomic mass is 79.9. The van der Waals surface area contributed by atoms with Crippen molar-refractivity contribution in [3.8, 4) is 0 Å². The lowest BCUT2D eigenvalue weighted by Crippen LogP contribution is -2.06. The highest BCUT2D eigenvalue weighted by molar-refractivity contribution is 9.09. The molecule has 0 fully saturated rings. The third-order valence-electron chi connectivity index (χ3n) is 2.57. The number of hydrogen-bond donors (Lipinski definition) is 1. The third kappa shape index (κ3) is 10.4. The molecule has 0 saturated carbocycles. The summed E-state index contributed by atoms with van der Waals surface area (Å²) < 4.78 is 4.56. The second-order valence-corrected chi connectivity index (χ2v) is 4.69. The van der Waals surface area contributed by atoms with Gasteiger partial charge < -0.3 is 9.84 Å². The second kappa shape index (κ2) is 11.4. The van der Waals surface area contributed by atoms with Gasteiger partial charge in [0, 0.05) is 11.8 Å². The molecule has 0 amide bonds. The van der Waals surface area contributed by atoms with Gasteiger partial charge >= 0.3 is 5.97 Å². The molecule has 0 spiro atoms. The second-order valence-electron chi connectivity index (χ2n) is 4.04. The summed E-state index contributed by atoms with van der Waals surface area (Å²) >= 11 is 3.24. The molecule has 0 aliphatic heterocycles. The molecule has 0 rings (SSSR count).